The first kappa shape index (κ1) is 26.0. The minimum atomic E-state index is -4.44. The zero-order valence-corrected chi connectivity index (χ0v) is 21.9. The number of aliphatic imine (C=N–C) groups is 1. The highest BCUT2D eigenvalue weighted by Crippen LogP contribution is 2.31. The molecule has 1 saturated heterocycles. The molecule has 3 aliphatic heterocycles. The lowest BCUT2D eigenvalue weighted by Crippen LogP contribution is -2.64. The van der Waals surface area contributed by atoms with Crippen LogP contribution in [0.15, 0.2) is 53.8 Å². The van der Waals surface area contributed by atoms with Crippen LogP contribution in [0.3, 0.4) is 0 Å². The molecular weight excluding hydrogens is 523 g/mol. The molecular formula is C28H28F3N7O2. The second-order valence-corrected chi connectivity index (χ2v) is 10.2. The summed E-state index contributed by atoms with van der Waals surface area (Å²) in [4.78, 5) is 42.7. The molecule has 2 unspecified atom stereocenters. The zero-order valence-electron chi connectivity index (χ0n) is 21.9. The van der Waals surface area contributed by atoms with Crippen molar-refractivity contribution < 1.29 is 22.8 Å². The predicted molar refractivity (Wildman–Crippen MR) is 140 cm³/mol. The summed E-state index contributed by atoms with van der Waals surface area (Å²) in [5.41, 5.74) is 2.05. The number of hydrogen-bond acceptors (Lipinski definition) is 6. The Hall–Kier alpha value is -4.22. The van der Waals surface area contributed by atoms with Crippen LogP contribution in [0.2, 0.25) is 0 Å². The molecule has 1 fully saturated rings. The third-order valence-corrected chi connectivity index (χ3v) is 7.64. The lowest BCUT2D eigenvalue weighted by Gasteiger charge is -2.37. The van der Waals surface area contributed by atoms with E-state index in [-0.39, 0.29) is 0 Å². The lowest BCUT2D eigenvalue weighted by molar-refractivity contribution is -0.137. The molecule has 12 heteroatoms. The van der Waals surface area contributed by atoms with E-state index in [9.17, 15) is 22.8 Å². The normalized spacial score (nSPS) is 20.8. The molecule has 3 aliphatic rings. The van der Waals surface area contributed by atoms with Gasteiger partial charge in [-0.2, -0.15) is 13.2 Å². The Morgan fingerprint density at radius 2 is 1.85 bits per heavy atom. The second-order valence-electron chi connectivity index (χ2n) is 10.2. The van der Waals surface area contributed by atoms with Crippen LogP contribution < -0.4 is 5.32 Å². The van der Waals surface area contributed by atoms with E-state index in [1.165, 1.54) is 6.07 Å². The monoisotopic (exact) mass is 551 g/mol. The standard InChI is InChI=1S/C28H28F3N7O2/c1-2-37-25-24(26(39)35-27(37)40)38(23(34-25)13-20-16-36-12-4-3-5-22(36)33-20)15-17-6-8-18(9-7-17)21-11-10-19(14-32-21)28(29,30)31/h6-11,14,16,24-25H,2-5,12-13,15H2,1H3,(H,35,39,40). The molecule has 208 valence electrons. The van der Waals surface area contributed by atoms with Crippen molar-refractivity contribution in [3.05, 3.63) is 71.4 Å². The van der Waals surface area contributed by atoms with Crippen LogP contribution in [-0.4, -0.2) is 60.9 Å². The Labute approximate surface area is 228 Å². The minimum Gasteiger partial charge on any atom is -0.340 e. The van der Waals surface area contributed by atoms with Gasteiger partial charge in [0.2, 0.25) is 0 Å². The number of benzene rings is 1. The van der Waals surface area contributed by atoms with Crippen LogP contribution in [0, 0.1) is 0 Å². The number of amidine groups is 1. The maximum atomic E-state index is 13.1. The van der Waals surface area contributed by atoms with Gasteiger partial charge in [-0.25, -0.2) is 14.8 Å². The van der Waals surface area contributed by atoms with Gasteiger partial charge in [0.15, 0.2) is 12.2 Å². The summed E-state index contributed by atoms with van der Waals surface area (Å²) in [6.45, 7) is 3.54. The third-order valence-electron chi connectivity index (χ3n) is 7.64. The van der Waals surface area contributed by atoms with Crippen molar-refractivity contribution in [3.8, 4) is 11.3 Å². The number of likely N-dealkylation sites (N-methyl/N-ethyl adjacent to an activating group) is 1. The number of urea groups is 1. The van der Waals surface area contributed by atoms with Gasteiger partial charge in [-0.3, -0.25) is 20.0 Å². The largest absolute Gasteiger partial charge is 0.417 e. The average Bonchev–Trinajstić information content (AvgIpc) is 3.50. The van der Waals surface area contributed by atoms with Crippen molar-refractivity contribution >= 4 is 17.8 Å². The number of imide groups is 1. The predicted octanol–water partition coefficient (Wildman–Crippen LogP) is 4.02. The van der Waals surface area contributed by atoms with Gasteiger partial charge in [-0.15, -0.1) is 0 Å². The van der Waals surface area contributed by atoms with Crippen molar-refractivity contribution in [2.75, 3.05) is 6.54 Å². The van der Waals surface area contributed by atoms with E-state index in [1.54, 1.807) is 17.0 Å². The fourth-order valence-corrected chi connectivity index (χ4v) is 5.60. The fourth-order valence-electron chi connectivity index (χ4n) is 5.60. The van der Waals surface area contributed by atoms with Gasteiger partial charge in [0, 0.05) is 50.4 Å². The molecule has 40 heavy (non-hydrogen) atoms. The van der Waals surface area contributed by atoms with Crippen molar-refractivity contribution in [2.24, 2.45) is 4.99 Å². The molecule has 2 atom stereocenters. The molecule has 0 aliphatic carbocycles. The maximum Gasteiger partial charge on any atom is 0.417 e. The van der Waals surface area contributed by atoms with Crippen LogP contribution in [0.5, 0.6) is 0 Å². The zero-order chi connectivity index (χ0) is 28.0. The molecule has 0 radical (unpaired) electrons. The highest BCUT2D eigenvalue weighted by atomic mass is 19.4. The maximum absolute atomic E-state index is 13.1. The Morgan fingerprint density at radius 3 is 2.52 bits per heavy atom. The van der Waals surface area contributed by atoms with Gasteiger partial charge in [-0.1, -0.05) is 24.3 Å². The van der Waals surface area contributed by atoms with Gasteiger partial charge in [0.1, 0.15) is 11.7 Å². The van der Waals surface area contributed by atoms with Gasteiger partial charge in [-0.05, 0) is 37.5 Å². The number of amides is 3. The molecule has 1 N–H and O–H groups in total. The van der Waals surface area contributed by atoms with E-state index in [4.69, 9.17) is 9.98 Å². The number of imidazole rings is 1. The number of nitrogens with zero attached hydrogens (tertiary/aromatic N) is 6. The number of alkyl halides is 3. The number of rotatable bonds is 6. The van der Waals surface area contributed by atoms with Crippen LogP contribution in [-0.2, 0) is 36.9 Å². The SMILES string of the molecule is CCN1C(=O)NC(=O)C2C1N=C(Cc1cn3c(n1)CCCC3)N2Cc1ccc(-c2ccc(C(F)(F)F)cn2)cc1. The first-order valence-corrected chi connectivity index (χ1v) is 13.3. The molecule has 1 aromatic carbocycles. The molecule has 0 bridgehead atoms. The summed E-state index contributed by atoms with van der Waals surface area (Å²) >= 11 is 0. The van der Waals surface area contributed by atoms with Crippen LogP contribution in [0.4, 0.5) is 18.0 Å². The second kappa shape index (κ2) is 10.1. The highest BCUT2D eigenvalue weighted by Gasteiger charge is 2.49. The smallest absolute Gasteiger partial charge is 0.340 e. The lowest BCUT2D eigenvalue weighted by atomic mass is 10.1. The summed E-state index contributed by atoms with van der Waals surface area (Å²) in [5, 5.41) is 2.46. The molecule has 9 nitrogen and oxygen atoms in total. The molecule has 0 saturated carbocycles. The topological polar surface area (TPSA) is 95.7 Å². The van der Waals surface area contributed by atoms with Gasteiger partial charge >= 0.3 is 12.2 Å². The van der Waals surface area contributed by atoms with Gasteiger partial charge in [0.05, 0.1) is 17.0 Å². The van der Waals surface area contributed by atoms with E-state index in [0.29, 0.717) is 36.6 Å². The Morgan fingerprint density at radius 1 is 1.05 bits per heavy atom. The number of aromatic nitrogens is 3. The molecule has 5 heterocycles. The van der Waals surface area contributed by atoms with Crippen LogP contribution >= 0.6 is 0 Å². The molecule has 3 aromatic rings. The number of aryl methyl sites for hydroxylation is 2. The average molecular weight is 552 g/mol. The Bertz CT molecular complexity index is 1440. The van der Waals surface area contributed by atoms with Gasteiger partial charge in [0.25, 0.3) is 5.91 Å². The van der Waals surface area contributed by atoms with E-state index in [2.05, 4.69) is 14.9 Å². The van der Waals surface area contributed by atoms with E-state index < -0.39 is 35.9 Å². The number of pyridine rings is 1. The molecule has 6 rings (SSSR count). The first-order valence-electron chi connectivity index (χ1n) is 13.3. The van der Waals surface area contributed by atoms with E-state index >= 15 is 0 Å². The molecule has 2 aromatic heterocycles. The fraction of sp³-hybridized carbons (Fsp3) is 0.393. The Kier molecular flexibility index (Phi) is 6.55. The number of halogens is 3. The van der Waals surface area contributed by atoms with Crippen molar-refractivity contribution in [1.29, 1.82) is 0 Å². The number of carbonyl (C=O) groups is 2. The summed E-state index contributed by atoms with van der Waals surface area (Å²) in [6.07, 6.45) is 1.39. The third kappa shape index (κ3) is 4.82. The van der Waals surface area contributed by atoms with Crippen molar-refractivity contribution in [3.63, 3.8) is 0 Å². The first-order chi connectivity index (χ1) is 19.2. The number of hydrogen-bond donors (Lipinski definition) is 1. The molecule has 0 spiro atoms. The van der Waals surface area contributed by atoms with Crippen LogP contribution in [0.1, 0.15) is 42.4 Å². The summed E-state index contributed by atoms with van der Waals surface area (Å²) < 4.78 is 40.9. The van der Waals surface area contributed by atoms with Crippen molar-refractivity contribution in [1.82, 2.24) is 29.7 Å². The number of nitrogens with one attached hydrogen (secondary N) is 1. The van der Waals surface area contributed by atoms with Crippen LogP contribution in [0.25, 0.3) is 11.3 Å². The van der Waals surface area contributed by atoms with E-state index in [0.717, 1.165) is 55.2 Å². The summed E-state index contributed by atoms with van der Waals surface area (Å²) in [6, 6.07) is 8.53. The van der Waals surface area contributed by atoms with Gasteiger partial charge < -0.3 is 9.47 Å². The minimum absolute atomic E-state index is 0.355. The highest BCUT2D eigenvalue weighted by molar-refractivity contribution is 6.04. The quantitative estimate of drug-likeness (QED) is 0.499. The summed E-state index contributed by atoms with van der Waals surface area (Å²) in [7, 11) is 0. The number of fused-ring (bicyclic) bond motifs is 2. The number of carbonyl (C=O) groups excluding carboxylic acids is 2. The van der Waals surface area contributed by atoms with E-state index in [1.807, 2.05) is 30.2 Å². The summed E-state index contributed by atoms with van der Waals surface area (Å²) in [5.74, 6) is 1.34. The Balaban J connectivity index is 1.26. The van der Waals surface area contributed by atoms with Crippen molar-refractivity contribution in [2.45, 2.75) is 64.1 Å². The molecule has 3 amide bonds.